The van der Waals surface area contributed by atoms with Gasteiger partial charge in [-0.2, -0.15) is 0 Å². The molecule has 0 aromatic carbocycles. The fourth-order valence-electron chi connectivity index (χ4n) is 3.72. The molecule has 0 aliphatic carbocycles. The summed E-state index contributed by atoms with van der Waals surface area (Å²) >= 11 is 0. The van der Waals surface area contributed by atoms with Crippen LogP contribution in [0.1, 0.15) is 31.1 Å². The van der Waals surface area contributed by atoms with Gasteiger partial charge in [0.15, 0.2) is 5.96 Å². The first kappa shape index (κ1) is 17.3. The first-order chi connectivity index (χ1) is 11.8. The lowest BCUT2D eigenvalue weighted by molar-refractivity contribution is 0.180. The molecule has 1 N–H and O–H groups in total. The molecule has 0 spiro atoms. The molecule has 2 saturated heterocycles. The van der Waals surface area contributed by atoms with E-state index in [1.165, 1.54) is 12.8 Å². The molecule has 3 heterocycles. The van der Waals surface area contributed by atoms with Gasteiger partial charge in [-0.3, -0.25) is 9.89 Å². The van der Waals surface area contributed by atoms with Crippen molar-refractivity contribution in [2.24, 2.45) is 10.9 Å². The molecule has 0 bridgehead atoms. The number of aliphatic imine (C=N–C) groups is 1. The lowest BCUT2D eigenvalue weighted by Crippen LogP contribution is -2.45. The van der Waals surface area contributed by atoms with Gasteiger partial charge in [0.05, 0.1) is 18.9 Å². The van der Waals surface area contributed by atoms with Gasteiger partial charge < -0.3 is 19.4 Å². The number of nitrogens with zero attached hydrogens (tertiary/aromatic N) is 3. The summed E-state index contributed by atoms with van der Waals surface area (Å²) in [6, 6.07) is 4.31. The van der Waals surface area contributed by atoms with Gasteiger partial charge in [-0.15, -0.1) is 0 Å². The smallest absolute Gasteiger partial charge is 0.193 e. The highest BCUT2D eigenvalue weighted by Crippen LogP contribution is 2.25. The summed E-state index contributed by atoms with van der Waals surface area (Å²) in [4.78, 5) is 9.17. The number of guanidine groups is 1. The number of nitrogens with one attached hydrogen (secondary N) is 1. The maximum atomic E-state index is 5.69. The van der Waals surface area contributed by atoms with Crippen molar-refractivity contribution < 1.29 is 9.15 Å². The Balaban J connectivity index is 1.57. The van der Waals surface area contributed by atoms with E-state index >= 15 is 0 Å². The quantitative estimate of drug-likeness (QED) is 0.637. The fraction of sp³-hybridized carbons (Fsp3) is 0.722. The van der Waals surface area contributed by atoms with E-state index < -0.39 is 0 Å². The summed E-state index contributed by atoms with van der Waals surface area (Å²) in [7, 11) is 3.95. The van der Waals surface area contributed by atoms with Crippen LogP contribution in [0.25, 0.3) is 0 Å². The van der Waals surface area contributed by atoms with Crippen LogP contribution in [0, 0.1) is 5.92 Å². The minimum absolute atomic E-state index is 0.266. The van der Waals surface area contributed by atoms with Gasteiger partial charge in [0.1, 0.15) is 5.76 Å². The van der Waals surface area contributed by atoms with E-state index in [4.69, 9.17) is 9.15 Å². The van der Waals surface area contributed by atoms with Crippen LogP contribution in [0.3, 0.4) is 0 Å². The zero-order valence-corrected chi connectivity index (χ0v) is 14.9. The lowest BCUT2D eigenvalue weighted by Gasteiger charge is -2.29. The highest BCUT2D eigenvalue weighted by Gasteiger charge is 2.26. The van der Waals surface area contributed by atoms with E-state index in [0.717, 1.165) is 57.5 Å². The Hall–Kier alpha value is -1.53. The molecule has 6 heteroatoms. The molecule has 24 heavy (non-hydrogen) atoms. The Bertz CT molecular complexity index is 505. The number of hydrogen-bond acceptors (Lipinski definition) is 4. The molecule has 134 valence electrons. The molecule has 2 unspecified atom stereocenters. The Morgan fingerprint density at radius 3 is 2.92 bits per heavy atom. The molecule has 2 aliphatic heterocycles. The summed E-state index contributed by atoms with van der Waals surface area (Å²) < 4.78 is 11.2. The standard InChI is InChI=1S/C18H30N4O2/c1-19-18(21(2)13-15-7-11-23-14-15)20-12-16(17-6-5-10-24-17)22-8-3-4-9-22/h5-6,10,15-16H,3-4,7-9,11-14H2,1-2H3,(H,19,20). The third-order valence-electron chi connectivity index (χ3n) is 5.04. The number of furan rings is 1. The Labute approximate surface area is 144 Å². The van der Waals surface area contributed by atoms with Gasteiger partial charge in [0.2, 0.25) is 0 Å². The van der Waals surface area contributed by atoms with E-state index in [9.17, 15) is 0 Å². The van der Waals surface area contributed by atoms with Gasteiger partial charge in [0, 0.05) is 39.7 Å². The van der Waals surface area contributed by atoms with Crippen molar-refractivity contribution in [3.8, 4) is 0 Å². The monoisotopic (exact) mass is 334 g/mol. The van der Waals surface area contributed by atoms with Crippen LogP contribution in [0.5, 0.6) is 0 Å². The van der Waals surface area contributed by atoms with Gasteiger partial charge in [-0.05, 0) is 44.5 Å². The summed E-state index contributed by atoms with van der Waals surface area (Å²) in [5.74, 6) is 2.58. The molecular formula is C18H30N4O2. The predicted octanol–water partition coefficient (Wildman–Crippen LogP) is 1.96. The largest absolute Gasteiger partial charge is 0.468 e. The Kier molecular flexibility index (Phi) is 6.15. The van der Waals surface area contributed by atoms with E-state index in [0.29, 0.717) is 5.92 Å². The maximum Gasteiger partial charge on any atom is 0.193 e. The average Bonchev–Trinajstić information content (AvgIpc) is 3.34. The molecule has 1 aromatic heterocycles. The van der Waals surface area contributed by atoms with Crippen molar-refractivity contribution in [1.82, 2.24) is 15.1 Å². The van der Waals surface area contributed by atoms with Gasteiger partial charge in [0.25, 0.3) is 0 Å². The number of ether oxygens (including phenoxy) is 1. The lowest BCUT2D eigenvalue weighted by atomic mass is 10.1. The van der Waals surface area contributed by atoms with E-state index in [1.807, 2.05) is 13.1 Å². The molecule has 2 fully saturated rings. The fourth-order valence-corrected chi connectivity index (χ4v) is 3.72. The average molecular weight is 334 g/mol. The van der Waals surface area contributed by atoms with Crippen molar-refractivity contribution >= 4 is 5.96 Å². The second-order valence-electron chi connectivity index (χ2n) is 6.81. The van der Waals surface area contributed by atoms with Crippen LogP contribution >= 0.6 is 0 Å². The van der Waals surface area contributed by atoms with Crippen LogP contribution < -0.4 is 5.32 Å². The van der Waals surface area contributed by atoms with Gasteiger partial charge in [-0.1, -0.05) is 0 Å². The number of rotatable bonds is 6. The molecule has 3 rings (SSSR count). The first-order valence-corrected chi connectivity index (χ1v) is 9.05. The second-order valence-corrected chi connectivity index (χ2v) is 6.81. The van der Waals surface area contributed by atoms with Crippen LogP contribution in [-0.2, 0) is 4.74 Å². The minimum Gasteiger partial charge on any atom is -0.468 e. The van der Waals surface area contributed by atoms with Crippen molar-refractivity contribution in [3.05, 3.63) is 24.2 Å². The third-order valence-corrected chi connectivity index (χ3v) is 5.04. The van der Waals surface area contributed by atoms with Crippen molar-refractivity contribution in [2.75, 3.05) is 53.5 Å². The summed E-state index contributed by atoms with van der Waals surface area (Å²) in [6.45, 7) is 5.83. The molecule has 6 nitrogen and oxygen atoms in total. The SMILES string of the molecule is CN=C(NCC(c1ccco1)N1CCCC1)N(C)CC1CCOC1. The van der Waals surface area contributed by atoms with E-state index in [1.54, 1.807) is 6.26 Å². The molecule has 0 amide bonds. The van der Waals surface area contributed by atoms with E-state index in [-0.39, 0.29) is 6.04 Å². The van der Waals surface area contributed by atoms with Gasteiger partial charge in [-0.25, -0.2) is 0 Å². The molecule has 2 aliphatic rings. The first-order valence-electron chi connectivity index (χ1n) is 9.05. The highest BCUT2D eigenvalue weighted by atomic mass is 16.5. The third kappa shape index (κ3) is 4.30. The summed E-state index contributed by atoms with van der Waals surface area (Å²) in [5, 5.41) is 3.54. The van der Waals surface area contributed by atoms with Crippen molar-refractivity contribution in [1.29, 1.82) is 0 Å². The maximum absolute atomic E-state index is 5.69. The molecule has 2 atom stereocenters. The molecule has 0 saturated carbocycles. The van der Waals surface area contributed by atoms with Crippen molar-refractivity contribution in [2.45, 2.75) is 25.3 Å². The zero-order chi connectivity index (χ0) is 16.8. The Morgan fingerprint density at radius 2 is 2.29 bits per heavy atom. The molecule has 1 aromatic rings. The topological polar surface area (TPSA) is 53.2 Å². The number of likely N-dealkylation sites (tertiary alicyclic amines) is 1. The molecular weight excluding hydrogens is 304 g/mol. The summed E-state index contributed by atoms with van der Waals surface area (Å²) in [6.07, 6.45) is 5.45. The molecule has 0 radical (unpaired) electrons. The van der Waals surface area contributed by atoms with Gasteiger partial charge >= 0.3 is 0 Å². The number of hydrogen-bond donors (Lipinski definition) is 1. The van der Waals surface area contributed by atoms with E-state index in [2.05, 4.69) is 33.2 Å². The second kappa shape index (κ2) is 8.53. The summed E-state index contributed by atoms with van der Waals surface area (Å²) in [5.41, 5.74) is 0. The van der Waals surface area contributed by atoms with Crippen LogP contribution in [-0.4, -0.2) is 69.2 Å². The Morgan fingerprint density at radius 1 is 1.46 bits per heavy atom. The predicted molar refractivity (Wildman–Crippen MR) is 95.2 cm³/mol. The minimum atomic E-state index is 0.266. The normalized spacial score (nSPS) is 23.6. The van der Waals surface area contributed by atoms with Crippen molar-refractivity contribution in [3.63, 3.8) is 0 Å². The zero-order valence-electron chi connectivity index (χ0n) is 14.9. The van der Waals surface area contributed by atoms with Crippen LogP contribution in [0.4, 0.5) is 0 Å². The van der Waals surface area contributed by atoms with Crippen LogP contribution in [0.15, 0.2) is 27.8 Å². The highest BCUT2D eigenvalue weighted by molar-refractivity contribution is 5.79. The van der Waals surface area contributed by atoms with Crippen LogP contribution in [0.2, 0.25) is 0 Å².